The van der Waals surface area contributed by atoms with Gasteiger partial charge in [-0.15, -0.1) is 0 Å². The minimum atomic E-state index is 0.873. The Labute approximate surface area is 99.6 Å². The van der Waals surface area contributed by atoms with Crippen LogP contribution >= 0.6 is 0 Å². The molecule has 0 radical (unpaired) electrons. The number of hydrogen-bond acceptors (Lipinski definition) is 1. The molecule has 0 spiro atoms. The number of rotatable bonds is 3. The SMILES string of the molecule is CC=CCCNC(=NC)N1CCC(C)CC1. The number of piperidine rings is 1. The zero-order chi connectivity index (χ0) is 11.8. The molecule has 1 rings (SSSR count). The maximum absolute atomic E-state index is 4.34. The second kappa shape index (κ2) is 7.31. The third-order valence-corrected chi connectivity index (χ3v) is 3.12. The average Bonchev–Trinajstić information content (AvgIpc) is 2.31. The van der Waals surface area contributed by atoms with E-state index in [1.165, 1.54) is 12.8 Å². The Kier molecular flexibility index (Phi) is 5.98. The molecule has 92 valence electrons. The molecule has 1 heterocycles. The molecule has 0 amide bonds. The van der Waals surface area contributed by atoms with Crippen molar-refractivity contribution in [2.75, 3.05) is 26.7 Å². The standard InChI is InChI=1S/C13H25N3/c1-4-5-6-9-15-13(14-3)16-10-7-12(2)8-11-16/h4-5,12H,6-11H2,1-3H3,(H,14,15). The Morgan fingerprint density at radius 1 is 1.44 bits per heavy atom. The highest BCUT2D eigenvalue weighted by Gasteiger charge is 2.17. The van der Waals surface area contributed by atoms with Crippen molar-refractivity contribution in [3.8, 4) is 0 Å². The van der Waals surface area contributed by atoms with Gasteiger partial charge < -0.3 is 10.2 Å². The van der Waals surface area contributed by atoms with Crippen molar-refractivity contribution in [1.29, 1.82) is 0 Å². The van der Waals surface area contributed by atoms with Crippen LogP contribution in [0.5, 0.6) is 0 Å². The summed E-state index contributed by atoms with van der Waals surface area (Å²) < 4.78 is 0. The summed E-state index contributed by atoms with van der Waals surface area (Å²) in [6, 6.07) is 0. The minimum Gasteiger partial charge on any atom is -0.356 e. The lowest BCUT2D eigenvalue weighted by molar-refractivity contribution is 0.273. The first-order valence-corrected chi connectivity index (χ1v) is 6.34. The fourth-order valence-electron chi connectivity index (χ4n) is 1.99. The zero-order valence-electron chi connectivity index (χ0n) is 10.9. The van der Waals surface area contributed by atoms with Crippen molar-refractivity contribution in [3.05, 3.63) is 12.2 Å². The van der Waals surface area contributed by atoms with E-state index >= 15 is 0 Å². The monoisotopic (exact) mass is 223 g/mol. The maximum atomic E-state index is 4.34. The number of hydrogen-bond donors (Lipinski definition) is 1. The summed E-state index contributed by atoms with van der Waals surface area (Å²) in [5.74, 6) is 1.94. The molecule has 16 heavy (non-hydrogen) atoms. The normalized spacial score (nSPS) is 19.4. The Balaban J connectivity index is 2.31. The number of nitrogens with one attached hydrogen (secondary N) is 1. The second-order valence-corrected chi connectivity index (χ2v) is 4.50. The maximum Gasteiger partial charge on any atom is 0.193 e. The molecule has 0 aromatic carbocycles. The van der Waals surface area contributed by atoms with Gasteiger partial charge in [0, 0.05) is 26.7 Å². The van der Waals surface area contributed by atoms with E-state index in [1.807, 2.05) is 7.05 Å². The van der Waals surface area contributed by atoms with E-state index in [-0.39, 0.29) is 0 Å². The van der Waals surface area contributed by atoms with Gasteiger partial charge in [-0.3, -0.25) is 4.99 Å². The van der Waals surface area contributed by atoms with Crippen molar-refractivity contribution in [2.45, 2.75) is 33.1 Å². The van der Waals surface area contributed by atoms with Crippen LogP contribution in [0.3, 0.4) is 0 Å². The van der Waals surface area contributed by atoms with E-state index in [9.17, 15) is 0 Å². The number of aliphatic imine (C=N–C) groups is 1. The molecular weight excluding hydrogens is 198 g/mol. The van der Waals surface area contributed by atoms with E-state index in [0.717, 1.165) is 37.9 Å². The van der Waals surface area contributed by atoms with Gasteiger partial charge in [-0.1, -0.05) is 19.1 Å². The van der Waals surface area contributed by atoms with Crippen LogP contribution in [0.25, 0.3) is 0 Å². The van der Waals surface area contributed by atoms with Crippen molar-refractivity contribution < 1.29 is 0 Å². The molecule has 1 fully saturated rings. The van der Waals surface area contributed by atoms with Crippen molar-refractivity contribution in [1.82, 2.24) is 10.2 Å². The van der Waals surface area contributed by atoms with Crippen LogP contribution in [-0.2, 0) is 0 Å². The van der Waals surface area contributed by atoms with Gasteiger partial charge in [0.15, 0.2) is 5.96 Å². The van der Waals surface area contributed by atoms with Gasteiger partial charge in [0.1, 0.15) is 0 Å². The minimum absolute atomic E-state index is 0.873. The van der Waals surface area contributed by atoms with Crippen LogP contribution in [-0.4, -0.2) is 37.5 Å². The molecule has 1 aliphatic heterocycles. The van der Waals surface area contributed by atoms with Crippen LogP contribution in [0.1, 0.15) is 33.1 Å². The summed E-state index contributed by atoms with van der Waals surface area (Å²) in [5.41, 5.74) is 0. The first-order valence-electron chi connectivity index (χ1n) is 6.34. The Hall–Kier alpha value is -0.990. The fourth-order valence-corrected chi connectivity index (χ4v) is 1.99. The smallest absolute Gasteiger partial charge is 0.193 e. The van der Waals surface area contributed by atoms with Crippen LogP contribution in [0.2, 0.25) is 0 Å². The number of likely N-dealkylation sites (tertiary alicyclic amines) is 1. The van der Waals surface area contributed by atoms with Crippen LogP contribution in [0.4, 0.5) is 0 Å². The third kappa shape index (κ3) is 4.25. The predicted octanol–water partition coefficient (Wildman–Crippen LogP) is 2.26. The van der Waals surface area contributed by atoms with Gasteiger partial charge in [0.25, 0.3) is 0 Å². The summed E-state index contributed by atoms with van der Waals surface area (Å²) in [6.45, 7) is 7.65. The lowest BCUT2D eigenvalue weighted by atomic mass is 10.00. The van der Waals surface area contributed by atoms with Gasteiger partial charge in [0.2, 0.25) is 0 Å². The van der Waals surface area contributed by atoms with Gasteiger partial charge in [0.05, 0.1) is 0 Å². The second-order valence-electron chi connectivity index (χ2n) is 4.50. The number of guanidine groups is 1. The number of allylic oxidation sites excluding steroid dienone is 1. The Bertz CT molecular complexity index is 238. The molecule has 0 atom stereocenters. The fraction of sp³-hybridized carbons (Fsp3) is 0.769. The molecule has 0 aromatic rings. The molecule has 1 saturated heterocycles. The first-order chi connectivity index (χ1) is 7.77. The summed E-state index contributed by atoms with van der Waals surface area (Å²) >= 11 is 0. The highest BCUT2D eigenvalue weighted by atomic mass is 15.3. The summed E-state index contributed by atoms with van der Waals surface area (Å²) in [5, 5.41) is 3.41. The van der Waals surface area contributed by atoms with Crippen molar-refractivity contribution in [2.24, 2.45) is 10.9 Å². The summed E-state index contributed by atoms with van der Waals surface area (Å²) in [7, 11) is 1.87. The van der Waals surface area contributed by atoms with E-state index in [2.05, 4.69) is 41.2 Å². The quantitative estimate of drug-likeness (QED) is 0.344. The van der Waals surface area contributed by atoms with Gasteiger partial charge in [-0.2, -0.15) is 0 Å². The van der Waals surface area contributed by atoms with E-state index < -0.39 is 0 Å². The molecule has 3 heteroatoms. The lowest BCUT2D eigenvalue weighted by Gasteiger charge is -2.32. The first kappa shape index (κ1) is 13.1. The Morgan fingerprint density at radius 2 is 2.12 bits per heavy atom. The zero-order valence-corrected chi connectivity index (χ0v) is 10.9. The highest BCUT2D eigenvalue weighted by Crippen LogP contribution is 2.15. The molecule has 0 unspecified atom stereocenters. The largest absolute Gasteiger partial charge is 0.356 e. The third-order valence-electron chi connectivity index (χ3n) is 3.12. The molecule has 3 nitrogen and oxygen atoms in total. The molecule has 0 aliphatic carbocycles. The van der Waals surface area contributed by atoms with Gasteiger partial charge in [-0.05, 0) is 32.1 Å². The summed E-state index contributed by atoms with van der Waals surface area (Å²) in [6.07, 6.45) is 7.91. The molecule has 0 bridgehead atoms. The molecular formula is C13H25N3. The average molecular weight is 223 g/mol. The van der Waals surface area contributed by atoms with E-state index in [4.69, 9.17) is 0 Å². The van der Waals surface area contributed by atoms with Crippen molar-refractivity contribution >= 4 is 5.96 Å². The Morgan fingerprint density at radius 3 is 2.69 bits per heavy atom. The van der Waals surface area contributed by atoms with Crippen LogP contribution in [0.15, 0.2) is 17.1 Å². The van der Waals surface area contributed by atoms with Gasteiger partial charge >= 0.3 is 0 Å². The molecule has 0 saturated carbocycles. The topological polar surface area (TPSA) is 27.6 Å². The van der Waals surface area contributed by atoms with Crippen LogP contribution in [0, 0.1) is 5.92 Å². The molecule has 1 N–H and O–H groups in total. The van der Waals surface area contributed by atoms with E-state index in [1.54, 1.807) is 0 Å². The highest BCUT2D eigenvalue weighted by molar-refractivity contribution is 5.79. The summed E-state index contributed by atoms with van der Waals surface area (Å²) in [4.78, 5) is 6.71. The molecule has 1 aliphatic rings. The molecule has 0 aromatic heterocycles. The lowest BCUT2D eigenvalue weighted by Crippen LogP contribution is -2.45. The predicted molar refractivity (Wildman–Crippen MR) is 70.8 cm³/mol. The van der Waals surface area contributed by atoms with Crippen LogP contribution < -0.4 is 5.32 Å². The van der Waals surface area contributed by atoms with Gasteiger partial charge in [-0.25, -0.2) is 0 Å². The van der Waals surface area contributed by atoms with E-state index in [0.29, 0.717) is 0 Å². The number of nitrogens with zero attached hydrogens (tertiary/aromatic N) is 2. The van der Waals surface area contributed by atoms with Crippen molar-refractivity contribution in [3.63, 3.8) is 0 Å².